The second kappa shape index (κ2) is 7.52. The van der Waals surface area contributed by atoms with Crippen LogP contribution in [0.4, 0.5) is 29.3 Å². The fourth-order valence-corrected chi connectivity index (χ4v) is 1.98. The number of rotatable bonds is 4. The number of amides is 2. The number of hydrogen-bond acceptors (Lipinski definition) is 2. The van der Waals surface area contributed by atoms with E-state index in [9.17, 15) is 22.8 Å². The van der Waals surface area contributed by atoms with E-state index in [1.165, 1.54) is 24.3 Å². The summed E-state index contributed by atoms with van der Waals surface area (Å²) in [6.07, 6.45) is -2.31. The van der Waals surface area contributed by atoms with Crippen molar-refractivity contribution < 1.29 is 27.9 Å². The van der Waals surface area contributed by atoms with E-state index >= 15 is 0 Å². The third kappa shape index (κ3) is 5.38. The second-order valence-corrected chi connectivity index (χ2v) is 4.92. The van der Waals surface area contributed by atoms with E-state index in [4.69, 9.17) is 5.11 Å². The molecule has 2 rings (SSSR count). The number of anilines is 2. The normalized spacial score (nSPS) is 11.3. The van der Waals surface area contributed by atoms with Gasteiger partial charge in [-0.3, -0.25) is 0 Å². The van der Waals surface area contributed by atoms with E-state index in [2.05, 4.69) is 10.6 Å². The minimum atomic E-state index is -4.51. The Morgan fingerprint density at radius 1 is 1.00 bits per heavy atom. The SMILES string of the molecule is O=C(O)C=Cc1ccccc1NC(=O)Nc1cccc(C(F)(F)F)c1. The van der Waals surface area contributed by atoms with Crippen molar-refractivity contribution in [2.75, 3.05) is 10.6 Å². The summed E-state index contributed by atoms with van der Waals surface area (Å²) in [5, 5.41) is 13.4. The van der Waals surface area contributed by atoms with Gasteiger partial charge in [0, 0.05) is 17.5 Å². The lowest BCUT2D eigenvalue weighted by molar-refractivity contribution is -0.137. The minimum absolute atomic E-state index is 0.0223. The fourth-order valence-electron chi connectivity index (χ4n) is 1.98. The number of carboxylic acid groups (broad SMARTS) is 1. The smallest absolute Gasteiger partial charge is 0.416 e. The highest BCUT2D eigenvalue weighted by Crippen LogP contribution is 2.30. The molecule has 2 aromatic rings. The molecule has 130 valence electrons. The summed E-state index contributed by atoms with van der Waals surface area (Å²) in [5.41, 5.74) is -0.158. The summed E-state index contributed by atoms with van der Waals surface area (Å²) in [6, 6.07) is 9.86. The van der Waals surface area contributed by atoms with Crippen LogP contribution in [-0.4, -0.2) is 17.1 Å². The van der Waals surface area contributed by atoms with Crippen LogP contribution in [0.15, 0.2) is 54.6 Å². The zero-order valence-electron chi connectivity index (χ0n) is 12.7. The van der Waals surface area contributed by atoms with Crippen LogP contribution >= 0.6 is 0 Å². The molecule has 0 unspecified atom stereocenters. The van der Waals surface area contributed by atoms with Gasteiger partial charge in [-0.05, 0) is 35.9 Å². The first-order chi connectivity index (χ1) is 11.8. The molecular formula is C17H13F3N2O3. The van der Waals surface area contributed by atoms with Crippen molar-refractivity contribution in [3.8, 4) is 0 Å². The molecule has 0 radical (unpaired) electrons. The molecule has 25 heavy (non-hydrogen) atoms. The molecule has 0 aliphatic carbocycles. The first kappa shape index (κ1) is 18.1. The number of hydrogen-bond donors (Lipinski definition) is 3. The van der Waals surface area contributed by atoms with E-state index < -0.39 is 23.7 Å². The molecule has 0 saturated heterocycles. The summed E-state index contributed by atoms with van der Waals surface area (Å²) < 4.78 is 38.0. The predicted octanol–water partition coefficient (Wildman–Crippen LogP) is 4.45. The van der Waals surface area contributed by atoms with Crippen LogP contribution in [0.2, 0.25) is 0 Å². The molecule has 2 aromatic carbocycles. The van der Waals surface area contributed by atoms with Crippen LogP contribution in [-0.2, 0) is 11.0 Å². The van der Waals surface area contributed by atoms with Crippen LogP contribution in [0.1, 0.15) is 11.1 Å². The maximum atomic E-state index is 12.7. The lowest BCUT2D eigenvalue weighted by atomic mass is 10.1. The maximum Gasteiger partial charge on any atom is 0.416 e. The zero-order valence-corrected chi connectivity index (χ0v) is 12.7. The van der Waals surface area contributed by atoms with E-state index in [0.29, 0.717) is 11.3 Å². The highest BCUT2D eigenvalue weighted by atomic mass is 19.4. The Labute approximate surface area is 140 Å². The number of carbonyl (C=O) groups is 2. The van der Waals surface area contributed by atoms with Gasteiger partial charge in [0.05, 0.1) is 5.56 Å². The van der Waals surface area contributed by atoms with E-state index in [0.717, 1.165) is 18.2 Å². The van der Waals surface area contributed by atoms with Gasteiger partial charge in [0.25, 0.3) is 0 Å². The monoisotopic (exact) mass is 350 g/mol. The van der Waals surface area contributed by atoms with Crippen LogP contribution in [0, 0.1) is 0 Å². The minimum Gasteiger partial charge on any atom is -0.478 e. The molecule has 0 heterocycles. The summed E-state index contributed by atoms with van der Waals surface area (Å²) in [7, 11) is 0. The Morgan fingerprint density at radius 2 is 1.72 bits per heavy atom. The second-order valence-electron chi connectivity index (χ2n) is 4.92. The molecule has 3 N–H and O–H groups in total. The number of aliphatic carboxylic acids is 1. The predicted molar refractivity (Wildman–Crippen MR) is 87.2 cm³/mol. The van der Waals surface area contributed by atoms with Crippen LogP contribution < -0.4 is 10.6 Å². The average molecular weight is 350 g/mol. The Hall–Kier alpha value is -3.29. The van der Waals surface area contributed by atoms with Gasteiger partial charge in [-0.15, -0.1) is 0 Å². The fraction of sp³-hybridized carbons (Fsp3) is 0.0588. The lowest BCUT2D eigenvalue weighted by Crippen LogP contribution is -2.20. The molecule has 0 atom stereocenters. The standard InChI is InChI=1S/C17H13F3N2O3/c18-17(19,20)12-5-3-6-13(10-12)21-16(25)22-14-7-2-1-4-11(14)8-9-15(23)24/h1-10H,(H,23,24)(H2,21,22,25). The van der Waals surface area contributed by atoms with Gasteiger partial charge in [-0.2, -0.15) is 13.2 Å². The van der Waals surface area contributed by atoms with Gasteiger partial charge in [0.2, 0.25) is 0 Å². The Bertz CT molecular complexity index is 817. The number of nitrogens with one attached hydrogen (secondary N) is 2. The number of para-hydroxylation sites is 1. The average Bonchev–Trinajstić information content (AvgIpc) is 2.53. The number of carboxylic acids is 1. The third-order valence-electron chi connectivity index (χ3n) is 3.06. The topological polar surface area (TPSA) is 78.4 Å². The van der Waals surface area contributed by atoms with Crippen molar-refractivity contribution in [2.45, 2.75) is 6.18 Å². The van der Waals surface area contributed by atoms with Gasteiger partial charge in [0.1, 0.15) is 0 Å². The van der Waals surface area contributed by atoms with Gasteiger partial charge >= 0.3 is 18.2 Å². The summed E-state index contributed by atoms with van der Waals surface area (Å²) in [5.74, 6) is -1.15. The lowest BCUT2D eigenvalue weighted by Gasteiger charge is -2.12. The molecule has 8 heteroatoms. The Kier molecular flexibility index (Phi) is 5.43. The van der Waals surface area contributed by atoms with Crippen molar-refractivity contribution in [3.05, 3.63) is 65.7 Å². The van der Waals surface area contributed by atoms with Crippen LogP contribution in [0.5, 0.6) is 0 Å². The number of carbonyl (C=O) groups excluding carboxylic acids is 1. The Morgan fingerprint density at radius 3 is 2.40 bits per heavy atom. The number of benzene rings is 2. The molecule has 0 aliphatic rings. The van der Waals surface area contributed by atoms with Crippen molar-refractivity contribution in [1.82, 2.24) is 0 Å². The quantitative estimate of drug-likeness (QED) is 0.713. The van der Waals surface area contributed by atoms with Crippen molar-refractivity contribution in [3.63, 3.8) is 0 Å². The van der Waals surface area contributed by atoms with E-state index in [1.807, 2.05) is 0 Å². The molecule has 2 amide bonds. The van der Waals surface area contributed by atoms with Crippen LogP contribution in [0.25, 0.3) is 6.08 Å². The first-order valence-corrected chi connectivity index (χ1v) is 7.01. The molecule has 0 spiro atoms. The van der Waals surface area contributed by atoms with Gasteiger partial charge in [0.15, 0.2) is 0 Å². The first-order valence-electron chi connectivity index (χ1n) is 7.01. The zero-order chi connectivity index (χ0) is 18.4. The summed E-state index contributed by atoms with van der Waals surface area (Å²) >= 11 is 0. The van der Waals surface area contributed by atoms with Crippen LogP contribution in [0.3, 0.4) is 0 Å². The number of alkyl halides is 3. The van der Waals surface area contributed by atoms with Gasteiger partial charge < -0.3 is 15.7 Å². The number of urea groups is 1. The van der Waals surface area contributed by atoms with E-state index in [-0.39, 0.29) is 5.69 Å². The summed E-state index contributed by atoms with van der Waals surface area (Å²) in [4.78, 5) is 22.6. The third-order valence-corrected chi connectivity index (χ3v) is 3.06. The van der Waals surface area contributed by atoms with Crippen molar-refractivity contribution >= 4 is 29.5 Å². The molecule has 0 aromatic heterocycles. The van der Waals surface area contributed by atoms with Crippen molar-refractivity contribution in [1.29, 1.82) is 0 Å². The number of halogens is 3. The molecule has 0 fully saturated rings. The van der Waals surface area contributed by atoms with E-state index in [1.54, 1.807) is 18.2 Å². The van der Waals surface area contributed by atoms with Gasteiger partial charge in [-0.25, -0.2) is 9.59 Å². The Balaban J connectivity index is 2.12. The largest absolute Gasteiger partial charge is 0.478 e. The maximum absolute atomic E-state index is 12.7. The molecule has 5 nitrogen and oxygen atoms in total. The highest BCUT2D eigenvalue weighted by Gasteiger charge is 2.30. The van der Waals surface area contributed by atoms with Crippen molar-refractivity contribution in [2.24, 2.45) is 0 Å². The van der Waals surface area contributed by atoms with Gasteiger partial charge in [-0.1, -0.05) is 24.3 Å². The highest BCUT2D eigenvalue weighted by molar-refractivity contribution is 6.01. The molecule has 0 bridgehead atoms. The summed E-state index contributed by atoms with van der Waals surface area (Å²) in [6.45, 7) is 0. The molecule has 0 aliphatic heterocycles. The molecule has 0 saturated carbocycles. The molecular weight excluding hydrogens is 337 g/mol.